The predicted octanol–water partition coefficient (Wildman–Crippen LogP) is 17.6. The number of likely N-dealkylation sites (N-methyl/N-ethyl adjacent to an activating group) is 1. The number of hydrogen-bond acceptors (Lipinski definition) is 7. The van der Waals surface area contributed by atoms with Gasteiger partial charge in [-0.25, -0.2) is 0 Å². The Kier molecular flexibility index (Phi) is 50.6. The van der Waals surface area contributed by atoms with E-state index in [0.717, 1.165) is 96.3 Å². The molecule has 3 unspecified atom stereocenters. The molecule has 0 rings (SSSR count). The first-order valence-electron chi connectivity index (χ1n) is 29.9. The Morgan fingerprint density at radius 1 is 0.479 bits per heavy atom. The van der Waals surface area contributed by atoms with Crippen LogP contribution < -0.4 is 10.2 Å². The van der Waals surface area contributed by atoms with Crippen molar-refractivity contribution in [3.05, 3.63) is 85.1 Å². The summed E-state index contributed by atoms with van der Waals surface area (Å²) in [4.78, 5) is 39.9. The van der Waals surface area contributed by atoms with Crippen molar-refractivity contribution in [2.75, 3.05) is 40.9 Å². The van der Waals surface area contributed by atoms with E-state index in [1.165, 1.54) is 109 Å². The number of esters is 1. The molecule has 0 aliphatic rings. The molecule has 0 saturated heterocycles. The number of carbonyl (C=O) groups is 2. The fourth-order valence-electron chi connectivity index (χ4n) is 8.12. The summed E-state index contributed by atoms with van der Waals surface area (Å²) in [5, 5.41) is 3.01. The molecule has 0 saturated carbocycles. The molecule has 1 N–H and O–H groups in total. The highest BCUT2D eigenvalue weighted by Crippen LogP contribution is 2.38. The lowest BCUT2D eigenvalue weighted by molar-refractivity contribution is -0.870. The predicted molar refractivity (Wildman–Crippen MR) is 311 cm³/mol. The van der Waals surface area contributed by atoms with E-state index in [-0.39, 0.29) is 31.3 Å². The maximum atomic E-state index is 13.5. The Balaban J connectivity index is 5.43. The van der Waals surface area contributed by atoms with E-state index in [1.54, 1.807) is 0 Å². The molecule has 9 nitrogen and oxygen atoms in total. The maximum Gasteiger partial charge on any atom is 0.306 e. The van der Waals surface area contributed by atoms with Crippen LogP contribution in [0.1, 0.15) is 252 Å². The Bertz CT molecular complexity index is 1530. The van der Waals surface area contributed by atoms with E-state index in [2.05, 4.69) is 99.0 Å². The zero-order chi connectivity index (χ0) is 53.6. The van der Waals surface area contributed by atoms with Crippen LogP contribution in [0.2, 0.25) is 0 Å². The van der Waals surface area contributed by atoms with Crippen molar-refractivity contribution in [2.45, 2.75) is 264 Å². The zero-order valence-electron chi connectivity index (χ0n) is 48.1. The van der Waals surface area contributed by atoms with E-state index in [1.807, 2.05) is 33.3 Å². The first-order chi connectivity index (χ1) is 35.4. The number of phosphoric acid groups is 1. The van der Waals surface area contributed by atoms with E-state index >= 15 is 0 Å². The molecule has 422 valence electrons. The highest BCUT2D eigenvalue weighted by Gasteiger charge is 2.27. The topological polar surface area (TPSA) is 114 Å². The fraction of sp³-hybridized carbons (Fsp3) is 0.746. The summed E-state index contributed by atoms with van der Waals surface area (Å²) in [6.07, 6.45) is 68.2. The summed E-state index contributed by atoms with van der Waals surface area (Å²) in [6.45, 7) is 6.75. The van der Waals surface area contributed by atoms with Gasteiger partial charge >= 0.3 is 5.97 Å². The van der Waals surface area contributed by atoms with Crippen LogP contribution >= 0.6 is 7.82 Å². The Morgan fingerprint density at radius 2 is 0.836 bits per heavy atom. The van der Waals surface area contributed by atoms with Gasteiger partial charge < -0.3 is 28.5 Å². The Morgan fingerprint density at radius 3 is 1.27 bits per heavy atom. The minimum Gasteiger partial charge on any atom is -0.756 e. The number of nitrogens with one attached hydrogen (secondary N) is 1. The quantitative estimate of drug-likeness (QED) is 0.0212. The van der Waals surface area contributed by atoms with Crippen LogP contribution in [0.15, 0.2) is 85.1 Å². The van der Waals surface area contributed by atoms with Crippen molar-refractivity contribution in [3.63, 3.8) is 0 Å². The number of ether oxygens (including phenoxy) is 1. The van der Waals surface area contributed by atoms with Gasteiger partial charge in [0.2, 0.25) is 5.91 Å². The number of quaternary nitrogens is 1. The third-order valence-electron chi connectivity index (χ3n) is 12.8. The average Bonchev–Trinajstić information content (AvgIpc) is 3.35. The highest BCUT2D eigenvalue weighted by atomic mass is 31.2. The average molecular weight is 1040 g/mol. The summed E-state index contributed by atoms with van der Waals surface area (Å²) in [6, 6.07) is -0.913. The van der Waals surface area contributed by atoms with Crippen molar-refractivity contribution >= 4 is 19.7 Å². The van der Waals surface area contributed by atoms with Crippen LogP contribution in [0, 0.1) is 0 Å². The summed E-state index contributed by atoms with van der Waals surface area (Å²) in [5.74, 6) is -0.594. The van der Waals surface area contributed by atoms with E-state index in [0.29, 0.717) is 23.9 Å². The molecule has 0 aliphatic carbocycles. The number of hydrogen-bond donors (Lipinski definition) is 1. The van der Waals surface area contributed by atoms with Crippen LogP contribution in [0.25, 0.3) is 0 Å². The molecule has 0 aromatic carbocycles. The fourth-order valence-corrected chi connectivity index (χ4v) is 8.85. The first kappa shape index (κ1) is 70.2. The lowest BCUT2D eigenvalue weighted by atomic mass is 10.0. The summed E-state index contributed by atoms with van der Waals surface area (Å²) in [7, 11) is 1.15. The van der Waals surface area contributed by atoms with Crippen molar-refractivity contribution in [2.24, 2.45) is 0 Å². The second-order valence-corrected chi connectivity index (χ2v) is 22.6. The number of unbranched alkanes of at least 4 members (excludes halogenated alkanes) is 25. The van der Waals surface area contributed by atoms with Crippen LogP contribution in [0.5, 0.6) is 0 Å². The minimum atomic E-state index is -4.71. The summed E-state index contributed by atoms with van der Waals surface area (Å²) in [5.41, 5.74) is 0. The van der Waals surface area contributed by atoms with Crippen molar-refractivity contribution < 1.29 is 37.3 Å². The molecule has 3 atom stereocenters. The van der Waals surface area contributed by atoms with Crippen molar-refractivity contribution in [1.82, 2.24) is 5.32 Å². The summed E-state index contributed by atoms with van der Waals surface area (Å²) < 4.78 is 30.2. The third kappa shape index (κ3) is 53.8. The lowest BCUT2D eigenvalue weighted by Crippen LogP contribution is -2.47. The van der Waals surface area contributed by atoms with Gasteiger partial charge in [0, 0.05) is 12.8 Å². The molecule has 0 bridgehead atoms. The number of allylic oxidation sites excluding steroid dienone is 13. The van der Waals surface area contributed by atoms with Gasteiger partial charge in [-0.2, -0.15) is 0 Å². The second kappa shape index (κ2) is 52.6. The summed E-state index contributed by atoms with van der Waals surface area (Å²) >= 11 is 0. The first-order valence-corrected chi connectivity index (χ1v) is 31.4. The van der Waals surface area contributed by atoms with Gasteiger partial charge in [-0.1, -0.05) is 215 Å². The largest absolute Gasteiger partial charge is 0.756 e. The van der Waals surface area contributed by atoms with Gasteiger partial charge in [-0.3, -0.25) is 14.2 Å². The second-order valence-electron chi connectivity index (χ2n) is 21.1. The molecular weight excluding hydrogens is 928 g/mol. The van der Waals surface area contributed by atoms with Crippen molar-refractivity contribution in [1.29, 1.82) is 0 Å². The molecule has 0 spiro atoms. The van der Waals surface area contributed by atoms with Gasteiger partial charge in [0.15, 0.2) is 0 Å². The van der Waals surface area contributed by atoms with Crippen LogP contribution in [0.3, 0.4) is 0 Å². The van der Waals surface area contributed by atoms with Crippen LogP contribution in [-0.2, 0) is 27.9 Å². The van der Waals surface area contributed by atoms with Gasteiger partial charge in [-0.05, 0) is 109 Å². The number of phosphoric ester groups is 1. The number of nitrogens with zero attached hydrogens (tertiary/aromatic N) is 1. The normalized spacial score (nSPS) is 14.3. The van der Waals surface area contributed by atoms with E-state index in [4.69, 9.17) is 13.8 Å². The van der Waals surface area contributed by atoms with Gasteiger partial charge in [0.25, 0.3) is 7.82 Å². The molecule has 0 aromatic rings. The highest BCUT2D eigenvalue weighted by molar-refractivity contribution is 7.45. The monoisotopic (exact) mass is 1040 g/mol. The van der Waals surface area contributed by atoms with E-state index in [9.17, 15) is 19.0 Å². The standard InChI is InChI=1S/C63H113N2O7P/c1-7-10-13-16-19-22-25-28-30-32-34-37-40-43-46-49-52-55-62(66)64-60(59-71-73(68,69)70-58-57-65(4,5)6)61(54-51-48-45-42-39-36-27-24-21-18-15-12-9-3)72-63(67)56-53-50-47-44-41-38-35-33-31-29-26-23-20-17-14-11-8-2/h19-20,22-23,28-31,34-35,37-38,51,54,60-61H,7-18,21,24-27,32-33,36,39-50,52-53,55-59H2,1-6H3,(H-,64,66,68,69)/b22-19-,23-20-,30-28-,31-29-,37-34-,38-35-,54-51+. The Labute approximate surface area is 450 Å². The van der Waals surface area contributed by atoms with Crippen LogP contribution in [-0.4, -0.2) is 69.4 Å². The van der Waals surface area contributed by atoms with Gasteiger partial charge in [-0.15, -0.1) is 0 Å². The molecule has 0 aliphatic heterocycles. The third-order valence-corrected chi connectivity index (χ3v) is 13.8. The van der Waals surface area contributed by atoms with Crippen LogP contribution in [0.4, 0.5) is 0 Å². The van der Waals surface area contributed by atoms with Gasteiger partial charge in [0.05, 0.1) is 33.8 Å². The SMILES string of the molecule is CCCCC/C=C\C/C=C\C/C=C\CCCCCCC(=O)NC(COP(=O)([O-])OCC[N+](C)(C)C)C(/C=C/CCCCCCCCCCCCC)OC(=O)CCCCCC/C=C\C/C=C\C/C=C\CCCCC. The molecule has 73 heavy (non-hydrogen) atoms. The minimum absolute atomic E-state index is 0.0342. The molecule has 0 fully saturated rings. The smallest absolute Gasteiger partial charge is 0.306 e. The van der Waals surface area contributed by atoms with E-state index < -0.39 is 26.6 Å². The molecule has 0 heterocycles. The van der Waals surface area contributed by atoms with Gasteiger partial charge in [0.1, 0.15) is 19.3 Å². The maximum absolute atomic E-state index is 13.5. The molecule has 10 heteroatoms. The lowest BCUT2D eigenvalue weighted by Gasteiger charge is -2.30. The zero-order valence-corrected chi connectivity index (χ0v) is 49.0. The molecule has 1 amide bonds. The molecule has 0 radical (unpaired) electrons. The number of rotatable bonds is 53. The Hall–Kier alpha value is -2.81. The van der Waals surface area contributed by atoms with Crippen molar-refractivity contribution in [3.8, 4) is 0 Å². The molecular formula is C63H113N2O7P. The number of amides is 1. The molecule has 0 aromatic heterocycles. The number of carbonyl (C=O) groups excluding carboxylic acids is 2.